The molecule has 5 nitrogen and oxygen atoms in total. The highest BCUT2D eigenvalue weighted by atomic mass is 32.1. The first-order valence-electron chi connectivity index (χ1n) is 6.62. The molecule has 0 aromatic carbocycles. The summed E-state index contributed by atoms with van der Waals surface area (Å²) in [6.45, 7) is 1.16. The third-order valence-electron chi connectivity index (χ3n) is 3.45. The minimum absolute atomic E-state index is 0.149. The van der Waals surface area contributed by atoms with Crippen LogP contribution in [0.2, 0.25) is 0 Å². The van der Waals surface area contributed by atoms with Crippen LogP contribution in [0, 0.1) is 17.2 Å². The van der Waals surface area contributed by atoms with E-state index in [0.29, 0.717) is 18.1 Å². The van der Waals surface area contributed by atoms with Crippen LogP contribution in [-0.4, -0.2) is 24.3 Å². The molecule has 1 saturated carbocycles. The summed E-state index contributed by atoms with van der Waals surface area (Å²) in [4.78, 5) is 25.8. The van der Waals surface area contributed by atoms with Crippen molar-refractivity contribution in [2.24, 2.45) is 5.92 Å². The number of ketones is 1. The lowest BCUT2D eigenvalue weighted by atomic mass is 10.0. The summed E-state index contributed by atoms with van der Waals surface area (Å²) in [5.41, 5.74) is 1.00. The molecule has 1 atom stereocenters. The third-order valence-corrected chi connectivity index (χ3v) is 4.70. The number of Topliss-reactive ketones (excluding diaryl/α,β-unsaturated/α-hetero) is 1. The van der Waals surface area contributed by atoms with Gasteiger partial charge in [-0.2, -0.15) is 5.26 Å². The molecule has 1 N–H and O–H groups in total. The second-order valence-corrected chi connectivity index (χ2v) is 6.21. The van der Waals surface area contributed by atoms with Gasteiger partial charge in [0.2, 0.25) is 5.91 Å². The Hall–Kier alpha value is -1.71. The van der Waals surface area contributed by atoms with Gasteiger partial charge in [-0.25, -0.2) is 0 Å². The molecule has 0 bridgehead atoms. The maximum Gasteiger partial charge on any atom is 0.245 e. The average molecular weight is 290 g/mol. The van der Waals surface area contributed by atoms with Gasteiger partial charge in [-0.3, -0.25) is 9.59 Å². The number of nitrogens with one attached hydrogen (secondary N) is 1. The Kier molecular flexibility index (Phi) is 3.55. The second kappa shape index (κ2) is 5.35. The van der Waals surface area contributed by atoms with Crippen molar-refractivity contribution in [2.75, 3.05) is 6.61 Å². The molecule has 1 amide bonds. The second-order valence-electron chi connectivity index (χ2n) is 5.07. The Morgan fingerprint density at radius 1 is 1.50 bits per heavy atom. The van der Waals surface area contributed by atoms with Crippen LogP contribution >= 0.6 is 11.3 Å². The smallest absolute Gasteiger partial charge is 0.245 e. The summed E-state index contributed by atoms with van der Waals surface area (Å²) in [6, 6.07) is 3.74. The van der Waals surface area contributed by atoms with Gasteiger partial charge in [0.1, 0.15) is 0 Å². The van der Waals surface area contributed by atoms with Crippen molar-refractivity contribution < 1.29 is 14.3 Å². The van der Waals surface area contributed by atoms with E-state index in [1.807, 2.05) is 6.07 Å². The van der Waals surface area contributed by atoms with Crippen LogP contribution in [0.15, 0.2) is 6.07 Å². The van der Waals surface area contributed by atoms with Crippen LogP contribution in [0.1, 0.15) is 33.0 Å². The van der Waals surface area contributed by atoms with E-state index in [9.17, 15) is 9.59 Å². The van der Waals surface area contributed by atoms with Crippen LogP contribution in [0.25, 0.3) is 0 Å². The average Bonchev–Trinajstić information content (AvgIpc) is 3.14. The first kappa shape index (κ1) is 13.3. The first-order valence-corrected chi connectivity index (χ1v) is 7.44. The lowest BCUT2D eigenvalue weighted by molar-refractivity contribution is -0.122. The third kappa shape index (κ3) is 2.60. The summed E-state index contributed by atoms with van der Waals surface area (Å²) in [5, 5.41) is 11.8. The number of carbonyl (C=O) groups excluding carboxylic acids is 2. The quantitative estimate of drug-likeness (QED) is 0.672. The number of ether oxygens (including phenoxy) is 1. The van der Waals surface area contributed by atoms with Crippen molar-refractivity contribution >= 4 is 23.0 Å². The van der Waals surface area contributed by atoms with E-state index in [2.05, 4.69) is 5.32 Å². The highest BCUT2D eigenvalue weighted by Gasteiger charge is 2.33. The van der Waals surface area contributed by atoms with Crippen molar-refractivity contribution in [1.82, 2.24) is 5.32 Å². The monoisotopic (exact) mass is 290 g/mol. The van der Waals surface area contributed by atoms with E-state index in [4.69, 9.17) is 10.00 Å². The zero-order valence-electron chi connectivity index (χ0n) is 10.8. The van der Waals surface area contributed by atoms with Crippen molar-refractivity contribution in [2.45, 2.75) is 31.9 Å². The molecule has 1 unspecified atom stereocenters. The molecule has 1 aromatic rings. The number of hydrogen-bond acceptors (Lipinski definition) is 5. The van der Waals surface area contributed by atoms with Crippen molar-refractivity contribution in [3.8, 4) is 6.07 Å². The predicted octanol–water partition coefficient (Wildman–Crippen LogP) is 1.42. The summed E-state index contributed by atoms with van der Waals surface area (Å²) >= 11 is 1.38. The van der Waals surface area contributed by atoms with Gasteiger partial charge in [0.15, 0.2) is 11.7 Å². The fourth-order valence-electron chi connectivity index (χ4n) is 2.16. The molecule has 2 aliphatic rings. The number of thiophene rings is 1. The molecule has 20 heavy (non-hydrogen) atoms. The number of carbonyl (C=O) groups is 2. The Morgan fingerprint density at radius 3 is 2.95 bits per heavy atom. The molecule has 2 heterocycles. The SMILES string of the molecule is N#CC(C(=O)NC1CC1)C(=O)c1cc2c(s1)CCOC2. The minimum atomic E-state index is -1.24. The van der Waals surface area contributed by atoms with Crippen molar-refractivity contribution in [3.63, 3.8) is 0 Å². The molecular weight excluding hydrogens is 276 g/mol. The first-order chi connectivity index (χ1) is 9.69. The molecule has 1 aliphatic heterocycles. The van der Waals surface area contributed by atoms with Crippen molar-refractivity contribution in [3.05, 3.63) is 21.4 Å². The van der Waals surface area contributed by atoms with Crippen molar-refractivity contribution in [1.29, 1.82) is 5.26 Å². The van der Waals surface area contributed by atoms with E-state index >= 15 is 0 Å². The lowest BCUT2D eigenvalue weighted by Crippen LogP contribution is -2.35. The van der Waals surface area contributed by atoms with Gasteiger partial charge in [0.25, 0.3) is 0 Å². The summed E-state index contributed by atoms with van der Waals surface area (Å²) < 4.78 is 5.34. The molecule has 1 aliphatic carbocycles. The van der Waals surface area contributed by atoms with Gasteiger partial charge < -0.3 is 10.1 Å². The summed E-state index contributed by atoms with van der Waals surface area (Å²) in [6.07, 6.45) is 2.66. The molecular formula is C14H14N2O3S. The maximum atomic E-state index is 12.3. The molecule has 0 radical (unpaired) electrons. The summed E-state index contributed by atoms with van der Waals surface area (Å²) in [5.74, 6) is -2.11. The van der Waals surface area contributed by atoms with Crippen LogP contribution < -0.4 is 5.32 Å². The molecule has 3 rings (SSSR count). The van der Waals surface area contributed by atoms with Crippen LogP contribution in [0.3, 0.4) is 0 Å². The highest BCUT2D eigenvalue weighted by molar-refractivity contribution is 7.14. The fraction of sp³-hybridized carbons (Fsp3) is 0.500. The molecule has 1 aromatic heterocycles. The van der Waals surface area contributed by atoms with E-state index in [0.717, 1.165) is 29.7 Å². The van der Waals surface area contributed by atoms with Gasteiger partial charge in [0, 0.05) is 17.3 Å². The van der Waals surface area contributed by atoms with Gasteiger partial charge in [0.05, 0.1) is 24.2 Å². The Morgan fingerprint density at radius 2 is 2.30 bits per heavy atom. The number of amides is 1. The normalized spacial score (nSPS) is 18.8. The number of nitrogens with zero attached hydrogens (tertiary/aromatic N) is 1. The molecule has 104 valence electrons. The fourth-order valence-corrected chi connectivity index (χ4v) is 3.28. The number of hydrogen-bond donors (Lipinski definition) is 1. The predicted molar refractivity (Wildman–Crippen MR) is 72.3 cm³/mol. The van der Waals surface area contributed by atoms with E-state index < -0.39 is 17.6 Å². The molecule has 0 saturated heterocycles. The highest BCUT2D eigenvalue weighted by Crippen LogP contribution is 2.29. The van der Waals surface area contributed by atoms with E-state index in [1.54, 1.807) is 6.07 Å². The minimum Gasteiger partial charge on any atom is -0.376 e. The van der Waals surface area contributed by atoms with E-state index in [-0.39, 0.29) is 6.04 Å². The number of rotatable bonds is 4. The zero-order chi connectivity index (χ0) is 14.1. The Balaban J connectivity index is 1.77. The van der Waals surface area contributed by atoms with Crippen LogP contribution in [0.4, 0.5) is 0 Å². The Bertz CT molecular complexity index is 575. The van der Waals surface area contributed by atoms with E-state index in [1.165, 1.54) is 11.3 Å². The van der Waals surface area contributed by atoms with Gasteiger partial charge in [-0.15, -0.1) is 11.3 Å². The Labute approximate surface area is 120 Å². The van der Waals surface area contributed by atoms with Gasteiger partial charge >= 0.3 is 0 Å². The standard InChI is InChI=1S/C14H14N2O3S/c15-6-10(14(18)16-9-1-2-9)13(17)12-5-8-7-19-4-3-11(8)20-12/h5,9-10H,1-4,7H2,(H,16,18). The summed E-state index contributed by atoms with van der Waals surface area (Å²) in [7, 11) is 0. The largest absolute Gasteiger partial charge is 0.376 e. The topological polar surface area (TPSA) is 79.2 Å². The number of nitriles is 1. The number of fused-ring (bicyclic) bond motifs is 1. The van der Waals surface area contributed by atoms with Crippen LogP contribution in [-0.2, 0) is 22.6 Å². The van der Waals surface area contributed by atoms with Gasteiger partial charge in [-0.05, 0) is 24.5 Å². The molecule has 1 fully saturated rings. The lowest BCUT2D eigenvalue weighted by Gasteiger charge is -2.10. The van der Waals surface area contributed by atoms with Gasteiger partial charge in [-0.1, -0.05) is 0 Å². The maximum absolute atomic E-state index is 12.3. The zero-order valence-corrected chi connectivity index (χ0v) is 11.7. The molecule has 6 heteroatoms. The molecule has 0 spiro atoms. The van der Waals surface area contributed by atoms with Crippen LogP contribution in [0.5, 0.6) is 0 Å².